The Hall–Kier alpha value is -2.96. The van der Waals surface area contributed by atoms with E-state index in [1.807, 2.05) is 36.4 Å². The summed E-state index contributed by atoms with van der Waals surface area (Å²) in [6.45, 7) is 13.8. The van der Waals surface area contributed by atoms with Gasteiger partial charge in [0.1, 0.15) is 0 Å². The minimum Gasteiger partial charge on any atom is -0.326 e. The maximum absolute atomic E-state index is 12.4. The van der Waals surface area contributed by atoms with Crippen LogP contribution < -0.4 is 10.6 Å². The molecule has 182 valence electrons. The number of carbonyl (C=O) groups excluding carboxylic acids is 2. The average Bonchev–Trinajstić information content (AvgIpc) is 2.84. The molecule has 0 aliphatic rings. The van der Waals surface area contributed by atoms with Crippen molar-refractivity contribution in [1.29, 1.82) is 0 Å². The molecule has 0 atom stereocenters. The highest BCUT2D eigenvalue weighted by Gasteiger charge is 2.09. The van der Waals surface area contributed by atoms with Crippen LogP contribution in [0.4, 0.5) is 11.4 Å². The van der Waals surface area contributed by atoms with E-state index in [1.165, 1.54) is 0 Å². The van der Waals surface area contributed by atoms with Gasteiger partial charge in [-0.15, -0.1) is 0 Å². The molecule has 0 aliphatic carbocycles. The van der Waals surface area contributed by atoms with Crippen LogP contribution in [0.2, 0.25) is 0 Å². The van der Waals surface area contributed by atoms with Gasteiger partial charge < -0.3 is 20.4 Å². The number of nitrogens with zero attached hydrogens (tertiary/aromatic N) is 2. The first kappa shape index (κ1) is 25.7. The lowest BCUT2D eigenvalue weighted by molar-refractivity contribution is -0.117. The van der Waals surface area contributed by atoms with E-state index in [0.29, 0.717) is 12.8 Å². The number of nitrogens with one attached hydrogen (secondary N) is 2. The molecule has 6 nitrogen and oxygen atoms in total. The third kappa shape index (κ3) is 7.02. The van der Waals surface area contributed by atoms with Crippen molar-refractivity contribution in [2.45, 2.75) is 40.5 Å². The summed E-state index contributed by atoms with van der Waals surface area (Å²) in [5, 5.41) is 10.4. The van der Waals surface area contributed by atoms with Crippen molar-refractivity contribution in [2.24, 2.45) is 0 Å². The van der Waals surface area contributed by atoms with E-state index in [4.69, 9.17) is 0 Å². The molecule has 0 saturated carbocycles. The maximum atomic E-state index is 12.4. The molecule has 3 aromatic rings. The van der Waals surface area contributed by atoms with Crippen LogP contribution in [-0.2, 0) is 9.59 Å². The van der Waals surface area contributed by atoms with Crippen LogP contribution >= 0.6 is 0 Å². The van der Waals surface area contributed by atoms with Gasteiger partial charge in [-0.05, 0) is 84.1 Å². The van der Waals surface area contributed by atoms with Crippen LogP contribution in [0, 0.1) is 0 Å². The molecule has 34 heavy (non-hydrogen) atoms. The highest BCUT2D eigenvalue weighted by Crippen LogP contribution is 2.27. The van der Waals surface area contributed by atoms with Gasteiger partial charge in [-0.25, -0.2) is 0 Å². The standard InChI is InChI=1S/C28H38N4O2/c1-5-31(6-2)15-13-27(33)29-25-11-9-21-18-24-20-26(12-10-22(24)17-23(21)19-25)30-28(34)14-16-32(7-3)8-4/h9-12,17-20H,5-8,13-16H2,1-4H3,(H,29,33)(H,30,34). The average molecular weight is 463 g/mol. The second kappa shape index (κ2) is 12.5. The number of amides is 2. The molecule has 0 radical (unpaired) electrons. The Morgan fingerprint density at radius 2 is 0.971 bits per heavy atom. The zero-order valence-electron chi connectivity index (χ0n) is 21.0. The molecule has 0 saturated heterocycles. The first-order valence-corrected chi connectivity index (χ1v) is 12.5. The normalized spacial score (nSPS) is 11.5. The van der Waals surface area contributed by atoms with Gasteiger partial charge in [0.15, 0.2) is 0 Å². The Labute approximate surface area is 203 Å². The summed E-state index contributed by atoms with van der Waals surface area (Å²) >= 11 is 0. The van der Waals surface area contributed by atoms with E-state index in [9.17, 15) is 9.59 Å². The van der Waals surface area contributed by atoms with Crippen LogP contribution in [0.15, 0.2) is 48.5 Å². The predicted octanol–water partition coefficient (Wildman–Crippen LogP) is 5.33. The summed E-state index contributed by atoms with van der Waals surface area (Å²) in [5.41, 5.74) is 1.63. The molecule has 0 heterocycles. The van der Waals surface area contributed by atoms with Crippen LogP contribution in [0.25, 0.3) is 21.5 Å². The van der Waals surface area contributed by atoms with Crippen LogP contribution in [0.1, 0.15) is 40.5 Å². The number of carbonyl (C=O) groups is 2. The molecule has 2 N–H and O–H groups in total. The van der Waals surface area contributed by atoms with Crippen molar-refractivity contribution in [3.8, 4) is 0 Å². The minimum atomic E-state index is 0.0356. The molecule has 6 heteroatoms. The summed E-state index contributed by atoms with van der Waals surface area (Å²) in [5.74, 6) is 0.0711. The number of hydrogen-bond acceptors (Lipinski definition) is 4. The lowest BCUT2D eigenvalue weighted by atomic mass is 10.0. The van der Waals surface area contributed by atoms with Crippen molar-refractivity contribution in [3.63, 3.8) is 0 Å². The molecular formula is C28H38N4O2. The summed E-state index contributed by atoms with van der Waals surface area (Å²) < 4.78 is 0. The number of hydrogen-bond donors (Lipinski definition) is 2. The van der Waals surface area contributed by atoms with Crippen molar-refractivity contribution in [2.75, 3.05) is 49.9 Å². The summed E-state index contributed by atoms with van der Waals surface area (Å²) in [6, 6.07) is 16.3. The molecule has 0 aromatic heterocycles. The van der Waals surface area contributed by atoms with Crippen molar-refractivity contribution >= 4 is 44.7 Å². The highest BCUT2D eigenvalue weighted by atomic mass is 16.2. The van der Waals surface area contributed by atoms with Crippen molar-refractivity contribution in [3.05, 3.63) is 48.5 Å². The van der Waals surface area contributed by atoms with Crippen LogP contribution in [0.5, 0.6) is 0 Å². The number of rotatable bonds is 12. The first-order valence-electron chi connectivity index (χ1n) is 12.5. The van der Waals surface area contributed by atoms with E-state index in [0.717, 1.165) is 72.2 Å². The zero-order chi connectivity index (χ0) is 24.5. The van der Waals surface area contributed by atoms with Crippen LogP contribution in [-0.4, -0.2) is 60.9 Å². The number of anilines is 2. The zero-order valence-corrected chi connectivity index (χ0v) is 21.0. The molecule has 2 amide bonds. The third-order valence-corrected chi connectivity index (χ3v) is 6.46. The second-order valence-electron chi connectivity index (χ2n) is 8.63. The second-order valence-corrected chi connectivity index (χ2v) is 8.63. The molecule has 0 fully saturated rings. The first-order chi connectivity index (χ1) is 16.4. The lowest BCUT2D eigenvalue weighted by Gasteiger charge is -2.17. The van der Waals surface area contributed by atoms with Gasteiger partial charge in [0.05, 0.1) is 0 Å². The van der Waals surface area contributed by atoms with Gasteiger partial charge in [0.2, 0.25) is 11.8 Å². The van der Waals surface area contributed by atoms with Crippen molar-refractivity contribution in [1.82, 2.24) is 9.80 Å². The highest BCUT2D eigenvalue weighted by molar-refractivity contribution is 6.02. The van der Waals surface area contributed by atoms with Crippen LogP contribution in [0.3, 0.4) is 0 Å². The maximum Gasteiger partial charge on any atom is 0.225 e. The quantitative estimate of drug-likeness (QED) is 0.357. The van der Waals surface area contributed by atoms with E-state index in [2.05, 4.69) is 60.3 Å². The fraction of sp³-hybridized carbons (Fsp3) is 0.429. The molecule has 0 unspecified atom stereocenters. The van der Waals surface area contributed by atoms with Gasteiger partial charge in [-0.3, -0.25) is 9.59 Å². The molecule has 3 rings (SSSR count). The van der Waals surface area contributed by atoms with E-state index in [-0.39, 0.29) is 11.8 Å². The third-order valence-electron chi connectivity index (χ3n) is 6.46. The van der Waals surface area contributed by atoms with Gasteiger partial charge in [0.25, 0.3) is 0 Å². The monoisotopic (exact) mass is 462 g/mol. The van der Waals surface area contributed by atoms with E-state index in [1.54, 1.807) is 0 Å². The summed E-state index contributed by atoms with van der Waals surface area (Å²) in [7, 11) is 0. The van der Waals surface area contributed by atoms with Gasteiger partial charge in [-0.1, -0.05) is 39.8 Å². The Bertz CT molecular complexity index is 1030. The Morgan fingerprint density at radius 3 is 1.32 bits per heavy atom. The van der Waals surface area contributed by atoms with Crippen molar-refractivity contribution < 1.29 is 9.59 Å². The largest absolute Gasteiger partial charge is 0.326 e. The van der Waals surface area contributed by atoms with Gasteiger partial charge >= 0.3 is 0 Å². The number of fused-ring (bicyclic) bond motifs is 2. The lowest BCUT2D eigenvalue weighted by Crippen LogP contribution is -2.27. The number of benzene rings is 3. The molecule has 0 aliphatic heterocycles. The van der Waals surface area contributed by atoms with Gasteiger partial charge in [-0.2, -0.15) is 0 Å². The van der Waals surface area contributed by atoms with E-state index < -0.39 is 0 Å². The Balaban J connectivity index is 1.68. The molecule has 0 bridgehead atoms. The smallest absolute Gasteiger partial charge is 0.225 e. The SMILES string of the molecule is CCN(CC)CCC(=O)Nc1ccc2cc3cc(NC(=O)CCN(CC)CC)ccc3cc2c1. The Morgan fingerprint density at radius 1 is 0.588 bits per heavy atom. The van der Waals surface area contributed by atoms with Gasteiger partial charge in [0, 0.05) is 37.3 Å². The fourth-order valence-electron chi connectivity index (χ4n) is 4.20. The topological polar surface area (TPSA) is 64.7 Å². The van der Waals surface area contributed by atoms with E-state index >= 15 is 0 Å². The summed E-state index contributed by atoms with van der Waals surface area (Å²) in [6.07, 6.45) is 0.974. The predicted molar refractivity (Wildman–Crippen MR) is 144 cm³/mol. The fourth-order valence-corrected chi connectivity index (χ4v) is 4.20. The Kier molecular flexibility index (Phi) is 9.42. The minimum absolute atomic E-state index is 0.0356. The molecular weight excluding hydrogens is 424 g/mol. The molecule has 3 aromatic carbocycles. The summed E-state index contributed by atoms with van der Waals surface area (Å²) in [4.78, 5) is 29.2. The molecule has 0 spiro atoms.